The first kappa shape index (κ1) is 7.60. The third kappa shape index (κ3) is 0.703. The smallest absolute Gasteiger partial charge is 0.238 e. The van der Waals surface area contributed by atoms with Crippen molar-refractivity contribution >= 4 is 10.8 Å². The topological polar surface area (TPSA) is 94.8 Å². The summed E-state index contributed by atoms with van der Waals surface area (Å²) in [7, 11) is 0. The van der Waals surface area contributed by atoms with Gasteiger partial charge in [0.15, 0.2) is 11.5 Å². The second-order valence-electron chi connectivity index (χ2n) is 2.67. The lowest BCUT2D eigenvalue weighted by molar-refractivity contribution is 0.371. The number of hydrogen-bond acceptors (Lipinski definition) is 5. The molecule has 2 rings (SSSR count). The number of phenolic OH excluding ortho intramolecular Hbond substituents is 3. The number of benzene rings is 1. The average Bonchev–Trinajstić information content (AvgIpc) is 2.13. The molecule has 2 aromatic rings. The van der Waals surface area contributed by atoms with Crippen LogP contribution in [0.5, 0.6) is 17.2 Å². The first-order valence-corrected chi connectivity index (χ1v) is 3.41. The summed E-state index contributed by atoms with van der Waals surface area (Å²) in [5.41, 5.74) is -1.61. The average molecular weight is 180 g/mol. The normalized spacial score (nSPS) is 11.1. The van der Waals surface area contributed by atoms with Gasteiger partial charge in [-0.1, -0.05) is 0 Å². The molecule has 13 heavy (non-hydrogen) atoms. The Labute approximate surface area is 70.8 Å². The fourth-order valence-corrected chi connectivity index (χ4v) is 1.23. The van der Waals surface area contributed by atoms with Crippen LogP contribution in [0.3, 0.4) is 0 Å². The van der Waals surface area contributed by atoms with Crippen LogP contribution in [-0.2, 0) is 0 Å². The standard InChI is InChI=1S/C8H4O5/c9-3-1-2-4(7(12)5(2)10)8(13)6(3)11/h1,9,11,13H. The van der Waals surface area contributed by atoms with Crippen LogP contribution in [0, 0.1) is 0 Å². The highest BCUT2D eigenvalue weighted by Gasteiger charge is 2.21. The van der Waals surface area contributed by atoms with Gasteiger partial charge in [-0.3, -0.25) is 9.59 Å². The molecule has 5 heteroatoms. The maximum absolute atomic E-state index is 10.8. The van der Waals surface area contributed by atoms with E-state index >= 15 is 0 Å². The Morgan fingerprint density at radius 2 is 1.54 bits per heavy atom. The van der Waals surface area contributed by atoms with Crippen LogP contribution in [-0.4, -0.2) is 15.3 Å². The van der Waals surface area contributed by atoms with E-state index in [0.717, 1.165) is 6.07 Å². The van der Waals surface area contributed by atoms with Crippen LogP contribution in [0.2, 0.25) is 0 Å². The molecular formula is C8H4O5. The Hall–Kier alpha value is -2.04. The lowest BCUT2D eigenvalue weighted by Gasteiger charge is -2.05. The van der Waals surface area contributed by atoms with Crippen molar-refractivity contribution in [2.45, 2.75) is 0 Å². The molecule has 0 aliphatic rings. The first-order valence-electron chi connectivity index (χ1n) is 3.41. The summed E-state index contributed by atoms with van der Waals surface area (Å²) in [4.78, 5) is 21.6. The molecule has 3 N–H and O–H groups in total. The Morgan fingerprint density at radius 1 is 0.923 bits per heavy atom. The zero-order valence-electron chi connectivity index (χ0n) is 6.24. The maximum Gasteiger partial charge on any atom is 0.238 e. The maximum atomic E-state index is 10.8. The number of fused-ring (bicyclic) bond motifs is 1. The van der Waals surface area contributed by atoms with E-state index in [4.69, 9.17) is 15.3 Å². The molecule has 0 radical (unpaired) electrons. The highest BCUT2D eigenvalue weighted by molar-refractivity contribution is 5.96. The minimum Gasteiger partial charge on any atom is -0.504 e. The highest BCUT2D eigenvalue weighted by atomic mass is 16.3. The summed E-state index contributed by atoms with van der Waals surface area (Å²) >= 11 is 0. The van der Waals surface area contributed by atoms with E-state index in [1.165, 1.54) is 0 Å². The molecule has 0 heterocycles. The number of aromatic hydroxyl groups is 3. The zero-order chi connectivity index (χ0) is 9.75. The summed E-state index contributed by atoms with van der Waals surface area (Å²) in [6.07, 6.45) is 0. The summed E-state index contributed by atoms with van der Waals surface area (Å²) in [6.45, 7) is 0. The van der Waals surface area contributed by atoms with E-state index in [2.05, 4.69) is 0 Å². The molecule has 0 saturated heterocycles. The van der Waals surface area contributed by atoms with E-state index < -0.39 is 28.1 Å². The number of phenols is 3. The minimum atomic E-state index is -0.845. The summed E-state index contributed by atoms with van der Waals surface area (Å²) in [5.74, 6) is -2.13. The SMILES string of the molecule is O=c1c(=O)c2c(O)c(O)c(O)cc12. The Bertz CT molecular complexity index is 574. The van der Waals surface area contributed by atoms with Gasteiger partial charge in [0, 0.05) is 5.39 Å². The zero-order valence-corrected chi connectivity index (χ0v) is 6.24. The lowest BCUT2D eigenvalue weighted by Crippen LogP contribution is -2.30. The quantitative estimate of drug-likeness (QED) is 0.377. The molecule has 2 aromatic carbocycles. The summed E-state index contributed by atoms with van der Waals surface area (Å²) < 4.78 is 0. The van der Waals surface area contributed by atoms with Gasteiger partial charge in [0.2, 0.25) is 16.6 Å². The monoisotopic (exact) mass is 180 g/mol. The van der Waals surface area contributed by atoms with Crippen LogP contribution in [0.25, 0.3) is 10.8 Å². The summed E-state index contributed by atoms with van der Waals surface area (Å²) in [5, 5.41) is 26.8. The van der Waals surface area contributed by atoms with Gasteiger partial charge < -0.3 is 15.3 Å². The van der Waals surface area contributed by atoms with E-state index in [0.29, 0.717) is 0 Å². The Balaban J connectivity index is 3.06. The van der Waals surface area contributed by atoms with Gasteiger partial charge in [0.1, 0.15) is 0 Å². The lowest BCUT2D eigenvalue weighted by atomic mass is 10.0. The van der Waals surface area contributed by atoms with E-state index in [1.807, 2.05) is 0 Å². The third-order valence-electron chi connectivity index (χ3n) is 1.93. The van der Waals surface area contributed by atoms with Crippen molar-refractivity contribution in [1.29, 1.82) is 0 Å². The molecule has 0 aliphatic carbocycles. The molecule has 66 valence electrons. The van der Waals surface area contributed by atoms with Crippen molar-refractivity contribution in [2.24, 2.45) is 0 Å². The van der Waals surface area contributed by atoms with E-state index in [9.17, 15) is 9.59 Å². The van der Waals surface area contributed by atoms with Gasteiger partial charge in [-0.15, -0.1) is 0 Å². The second kappa shape index (κ2) is 2.01. The van der Waals surface area contributed by atoms with Crippen molar-refractivity contribution in [3.63, 3.8) is 0 Å². The highest BCUT2D eigenvalue weighted by Crippen LogP contribution is 2.39. The van der Waals surface area contributed by atoms with Crippen molar-refractivity contribution in [1.82, 2.24) is 0 Å². The largest absolute Gasteiger partial charge is 0.504 e. The Morgan fingerprint density at radius 3 is 2.15 bits per heavy atom. The molecule has 0 bridgehead atoms. The minimum absolute atomic E-state index is 0.0576. The van der Waals surface area contributed by atoms with Gasteiger partial charge in [-0.2, -0.15) is 0 Å². The molecule has 5 nitrogen and oxygen atoms in total. The summed E-state index contributed by atoms with van der Waals surface area (Å²) in [6, 6.07) is 0.952. The Kier molecular flexibility index (Phi) is 1.17. The van der Waals surface area contributed by atoms with E-state index in [-0.39, 0.29) is 10.8 Å². The van der Waals surface area contributed by atoms with Crippen LogP contribution < -0.4 is 10.9 Å². The number of hydrogen-bond donors (Lipinski definition) is 3. The van der Waals surface area contributed by atoms with Gasteiger partial charge >= 0.3 is 0 Å². The predicted molar refractivity (Wildman–Crippen MR) is 43.9 cm³/mol. The fourth-order valence-electron chi connectivity index (χ4n) is 1.23. The molecule has 0 aromatic heterocycles. The van der Waals surface area contributed by atoms with Crippen LogP contribution in [0.1, 0.15) is 0 Å². The first-order chi connectivity index (χ1) is 6.04. The fraction of sp³-hybridized carbons (Fsp3) is 0. The van der Waals surface area contributed by atoms with Crippen molar-refractivity contribution in [3.05, 3.63) is 26.5 Å². The van der Waals surface area contributed by atoms with Gasteiger partial charge in [-0.05, 0) is 6.07 Å². The molecule has 0 saturated carbocycles. The van der Waals surface area contributed by atoms with Gasteiger partial charge in [0.05, 0.1) is 5.39 Å². The van der Waals surface area contributed by atoms with Crippen molar-refractivity contribution in [3.8, 4) is 17.2 Å². The van der Waals surface area contributed by atoms with Crippen LogP contribution in [0.4, 0.5) is 0 Å². The van der Waals surface area contributed by atoms with Crippen LogP contribution in [0.15, 0.2) is 15.7 Å². The van der Waals surface area contributed by atoms with Crippen molar-refractivity contribution in [2.75, 3.05) is 0 Å². The number of rotatable bonds is 0. The van der Waals surface area contributed by atoms with Gasteiger partial charge in [0.25, 0.3) is 0 Å². The molecule has 0 atom stereocenters. The van der Waals surface area contributed by atoms with Crippen molar-refractivity contribution < 1.29 is 15.3 Å². The molecule has 0 unspecified atom stereocenters. The second-order valence-corrected chi connectivity index (χ2v) is 2.67. The molecule has 0 fully saturated rings. The van der Waals surface area contributed by atoms with E-state index in [1.54, 1.807) is 0 Å². The molecule has 0 spiro atoms. The molecular weight excluding hydrogens is 176 g/mol. The van der Waals surface area contributed by atoms with Crippen LogP contribution >= 0.6 is 0 Å². The molecule has 0 aliphatic heterocycles. The predicted octanol–water partition coefficient (Wildman–Crippen LogP) is -0.447. The third-order valence-corrected chi connectivity index (χ3v) is 1.93. The molecule has 0 amide bonds. The van der Waals surface area contributed by atoms with Gasteiger partial charge in [-0.25, -0.2) is 0 Å².